The maximum atomic E-state index is 6.04. The lowest BCUT2D eigenvalue weighted by Crippen LogP contribution is -2.18. The van der Waals surface area contributed by atoms with Gasteiger partial charge in [-0.15, -0.1) is 11.6 Å². The number of fused-ring (bicyclic) bond motifs is 1. The molecule has 1 aliphatic heterocycles. The quantitative estimate of drug-likeness (QED) is 0.748. The van der Waals surface area contributed by atoms with E-state index in [1.807, 2.05) is 42.5 Å². The number of halogens is 2. The van der Waals surface area contributed by atoms with Crippen LogP contribution in [0.1, 0.15) is 23.0 Å². The maximum Gasteiger partial charge on any atom is 0.227 e. The van der Waals surface area contributed by atoms with E-state index in [0.717, 1.165) is 22.4 Å². The van der Waals surface area contributed by atoms with Crippen molar-refractivity contribution in [1.82, 2.24) is 0 Å². The molecule has 0 spiro atoms. The Morgan fingerprint density at radius 2 is 1.95 bits per heavy atom. The van der Waals surface area contributed by atoms with Gasteiger partial charge in [-0.3, -0.25) is 0 Å². The zero-order valence-corrected chi connectivity index (χ0v) is 11.6. The van der Waals surface area contributed by atoms with E-state index >= 15 is 0 Å². The number of hydrogen-bond donors (Lipinski definition) is 0. The van der Waals surface area contributed by atoms with Crippen molar-refractivity contribution in [3.8, 4) is 5.75 Å². The fraction of sp³-hybridized carbons (Fsp3) is 0.200. The SMILES string of the molecule is ClCc1cc(Cl)cc2c1OC(c1ccccc1)OC2. The Kier molecular flexibility index (Phi) is 3.65. The van der Waals surface area contributed by atoms with Crippen molar-refractivity contribution in [3.05, 3.63) is 64.2 Å². The lowest BCUT2D eigenvalue weighted by molar-refractivity contribution is -0.111. The lowest BCUT2D eigenvalue weighted by Gasteiger charge is -2.28. The van der Waals surface area contributed by atoms with Crippen molar-refractivity contribution < 1.29 is 9.47 Å². The second-order valence-electron chi connectivity index (χ2n) is 4.36. The van der Waals surface area contributed by atoms with Gasteiger partial charge < -0.3 is 9.47 Å². The van der Waals surface area contributed by atoms with Crippen LogP contribution in [0.3, 0.4) is 0 Å². The molecule has 19 heavy (non-hydrogen) atoms. The third kappa shape index (κ3) is 2.57. The van der Waals surface area contributed by atoms with Gasteiger partial charge in [0.05, 0.1) is 12.5 Å². The van der Waals surface area contributed by atoms with E-state index in [-0.39, 0.29) is 0 Å². The fourth-order valence-corrected chi connectivity index (χ4v) is 2.61. The molecule has 0 bridgehead atoms. The van der Waals surface area contributed by atoms with E-state index in [1.54, 1.807) is 0 Å². The molecule has 0 saturated heterocycles. The summed E-state index contributed by atoms with van der Waals surface area (Å²) in [6, 6.07) is 13.5. The summed E-state index contributed by atoms with van der Waals surface area (Å²) in [5.74, 6) is 1.16. The molecule has 1 unspecified atom stereocenters. The maximum absolute atomic E-state index is 6.04. The highest BCUT2D eigenvalue weighted by molar-refractivity contribution is 6.31. The molecule has 0 N–H and O–H groups in total. The second kappa shape index (κ2) is 5.41. The molecule has 0 aromatic heterocycles. The molecule has 4 heteroatoms. The molecule has 0 fully saturated rings. The van der Waals surface area contributed by atoms with Crippen molar-refractivity contribution >= 4 is 23.2 Å². The first-order chi connectivity index (χ1) is 9.28. The molecule has 2 aromatic carbocycles. The minimum Gasteiger partial charge on any atom is -0.460 e. The topological polar surface area (TPSA) is 18.5 Å². The number of benzene rings is 2. The van der Waals surface area contributed by atoms with Crippen molar-refractivity contribution in [2.24, 2.45) is 0 Å². The van der Waals surface area contributed by atoms with Crippen LogP contribution in [0.4, 0.5) is 0 Å². The Labute approximate surface area is 121 Å². The molecule has 3 rings (SSSR count). The smallest absolute Gasteiger partial charge is 0.227 e. The van der Waals surface area contributed by atoms with Gasteiger partial charge in [-0.2, -0.15) is 0 Å². The standard InChI is InChI=1S/C15H12Cl2O2/c16-8-11-6-13(17)7-12-9-18-15(19-14(11)12)10-4-2-1-3-5-10/h1-7,15H,8-9H2. The zero-order chi connectivity index (χ0) is 13.2. The van der Waals surface area contributed by atoms with Crippen LogP contribution in [-0.2, 0) is 17.2 Å². The summed E-state index contributed by atoms with van der Waals surface area (Å²) in [5, 5.41) is 0.653. The highest BCUT2D eigenvalue weighted by Crippen LogP contribution is 2.38. The van der Waals surface area contributed by atoms with Crippen LogP contribution in [0.2, 0.25) is 5.02 Å². The highest BCUT2D eigenvalue weighted by atomic mass is 35.5. The number of alkyl halides is 1. The molecule has 1 atom stereocenters. The molecule has 1 aliphatic rings. The Bertz CT molecular complexity index is 567. The molecule has 98 valence electrons. The fourth-order valence-electron chi connectivity index (χ4n) is 2.15. The Morgan fingerprint density at radius 3 is 2.68 bits per heavy atom. The summed E-state index contributed by atoms with van der Waals surface area (Å²) in [7, 11) is 0. The molecule has 2 aromatic rings. The monoisotopic (exact) mass is 294 g/mol. The van der Waals surface area contributed by atoms with Crippen molar-refractivity contribution in [3.63, 3.8) is 0 Å². The molecule has 2 nitrogen and oxygen atoms in total. The predicted octanol–water partition coefficient (Wildman–Crippen LogP) is 4.69. The van der Waals surface area contributed by atoms with E-state index in [0.29, 0.717) is 17.5 Å². The summed E-state index contributed by atoms with van der Waals surface area (Å²) in [4.78, 5) is 0. The second-order valence-corrected chi connectivity index (χ2v) is 5.06. The van der Waals surface area contributed by atoms with Gasteiger partial charge in [-0.05, 0) is 12.1 Å². The average Bonchev–Trinajstić information content (AvgIpc) is 2.46. The number of ether oxygens (including phenoxy) is 2. The van der Waals surface area contributed by atoms with E-state index in [9.17, 15) is 0 Å². The normalized spacial score (nSPS) is 17.7. The van der Waals surface area contributed by atoms with Gasteiger partial charge in [-0.25, -0.2) is 0 Å². The Morgan fingerprint density at radius 1 is 1.16 bits per heavy atom. The van der Waals surface area contributed by atoms with Crippen LogP contribution in [0.15, 0.2) is 42.5 Å². The zero-order valence-electron chi connectivity index (χ0n) is 10.1. The number of rotatable bonds is 2. The minimum atomic E-state index is -0.392. The van der Waals surface area contributed by atoms with Gasteiger partial charge in [0, 0.05) is 21.7 Å². The van der Waals surface area contributed by atoms with Crippen LogP contribution in [-0.4, -0.2) is 0 Å². The van der Waals surface area contributed by atoms with Crippen LogP contribution in [0, 0.1) is 0 Å². The Balaban J connectivity index is 1.95. The predicted molar refractivity (Wildman–Crippen MR) is 75.6 cm³/mol. The van der Waals surface area contributed by atoms with Crippen molar-refractivity contribution in [2.75, 3.05) is 0 Å². The van der Waals surface area contributed by atoms with Crippen LogP contribution in [0.25, 0.3) is 0 Å². The van der Waals surface area contributed by atoms with Gasteiger partial charge in [-0.1, -0.05) is 41.9 Å². The molecule has 0 saturated carbocycles. The van der Waals surface area contributed by atoms with Gasteiger partial charge in [0.25, 0.3) is 0 Å². The van der Waals surface area contributed by atoms with Crippen LogP contribution < -0.4 is 4.74 Å². The van der Waals surface area contributed by atoms with Gasteiger partial charge >= 0.3 is 0 Å². The summed E-state index contributed by atoms with van der Waals surface area (Å²) < 4.78 is 11.7. The summed E-state index contributed by atoms with van der Waals surface area (Å²) in [6.07, 6.45) is -0.392. The molecule has 0 aliphatic carbocycles. The van der Waals surface area contributed by atoms with E-state index in [1.165, 1.54) is 0 Å². The lowest BCUT2D eigenvalue weighted by atomic mass is 10.1. The molecule has 1 heterocycles. The minimum absolute atomic E-state index is 0.365. The molecule has 0 amide bonds. The van der Waals surface area contributed by atoms with Crippen molar-refractivity contribution in [1.29, 1.82) is 0 Å². The molecular weight excluding hydrogens is 283 g/mol. The Hall–Kier alpha value is -1.22. The summed E-state index contributed by atoms with van der Waals surface area (Å²) in [5.41, 5.74) is 2.83. The highest BCUT2D eigenvalue weighted by Gasteiger charge is 2.24. The van der Waals surface area contributed by atoms with Gasteiger partial charge in [0.1, 0.15) is 5.75 Å². The third-order valence-corrected chi connectivity index (χ3v) is 3.54. The molecular formula is C15H12Cl2O2. The van der Waals surface area contributed by atoms with Crippen LogP contribution in [0.5, 0.6) is 5.75 Å². The third-order valence-electron chi connectivity index (χ3n) is 3.04. The summed E-state index contributed by atoms with van der Waals surface area (Å²) in [6.45, 7) is 0.472. The summed E-state index contributed by atoms with van der Waals surface area (Å²) >= 11 is 12.0. The average molecular weight is 295 g/mol. The van der Waals surface area contributed by atoms with Crippen LogP contribution >= 0.6 is 23.2 Å². The number of hydrogen-bond acceptors (Lipinski definition) is 2. The van der Waals surface area contributed by atoms with E-state index < -0.39 is 6.29 Å². The largest absolute Gasteiger partial charge is 0.460 e. The molecule has 0 radical (unpaired) electrons. The first-order valence-corrected chi connectivity index (χ1v) is 6.89. The van der Waals surface area contributed by atoms with Gasteiger partial charge in [0.15, 0.2) is 0 Å². The van der Waals surface area contributed by atoms with E-state index in [4.69, 9.17) is 32.7 Å². The first-order valence-electron chi connectivity index (χ1n) is 5.98. The van der Waals surface area contributed by atoms with Crippen molar-refractivity contribution in [2.45, 2.75) is 18.8 Å². The first kappa shape index (κ1) is 12.8. The van der Waals surface area contributed by atoms with Gasteiger partial charge in [0.2, 0.25) is 6.29 Å². The van der Waals surface area contributed by atoms with E-state index in [2.05, 4.69) is 0 Å².